The second-order valence-corrected chi connectivity index (χ2v) is 8.96. The highest BCUT2D eigenvalue weighted by Gasteiger charge is 2.58. The van der Waals surface area contributed by atoms with Gasteiger partial charge in [0.2, 0.25) is 0 Å². The molecule has 2 atom stereocenters. The number of nitro groups is 1. The maximum atomic E-state index is 14.0. The quantitative estimate of drug-likeness (QED) is 0.0978. The number of hydrogen-bond acceptors (Lipinski definition) is 6. The maximum Gasteiger partial charge on any atom is 0.324 e. The van der Waals surface area contributed by atoms with Crippen LogP contribution in [-0.2, 0) is 9.53 Å². The topological polar surface area (TPSA) is 95.7 Å². The molecular weight excluding hydrogens is 482 g/mol. The normalized spacial score (nSPS) is 18.0. The smallest absolute Gasteiger partial charge is 0.324 e. The molecule has 0 saturated heterocycles. The standard InChI is InChI=1S/C31H23NO6/c1-37-30(34)31(18-8-7-9-21-14-15-22-10-5-6-13-24(22)19-21)28(33)26-20-25(32(35)36)16-17-27(26)38-29(31)23-11-3-2-4-12-23/h2-6,8-17,19-20,29H,18H2,1H3/t7?,29-,31-/m1/s1. The molecule has 0 radical (unpaired) electrons. The lowest BCUT2D eigenvalue weighted by Crippen LogP contribution is -2.49. The molecule has 0 spiro atoms. The van der Waals surface area contributed by atoms with Gasteiger partial charge in [0.1, 0.15) is 11.9 Å². The number of esters is 1. The van der Waals surface area contributed by atoms with Crippen molar-refractivity contribution in [3.05, 3.63) is 130 Å². The summed E-state index contributed by atoms with van der Waals surface area (Å²) in [4.78, 5) is 38.3. The van der Waals surface area contributed by atoms with Gasteiger partial charge in [-0.2, -0.15) is 0 Å². The van der Waals surface area contributed by atoms with Crippen molar-refractivity contribution < 1.29 is 24.0 Å². The van der Waals surface area contributed by atoms with Crippen LogP contribution in [0.1, 0.15) is 34.0 Å². The number of carbonyl (C=O) groups is 2. The molecule has 0 fully saturated rings. The van der Waals surface area contributed by atoms with E-state index in [0.717, 1.165) is 22.4 Å². The van der Waals surface area contributed by atoms with E-state index < -0.39 is 28.2 Å². The fraction of sp³-hybridized carbons (Fsp3) is 0.129. The molecule has 5 rings (SSSR count). The van der Waals surface area contributed by atoms with Crippen LogP contribution >= 0.6 is 0 Å². The minimum Gasteiger partial charge on any atom is -0.483 e. The Hall–Kier alpha value is -5.00. The number of methoxy groups -OCH3 is 1. The average molecular weight is 506 g/mol. The summed E-state index contributed by atoms with van der Waals surface area (Å²) in [5.74, 6) is -1.23. The van der Waals surface area contributed by atoms with Gasteiger partial charge in [0.05, 0.1) is 17.6 Å². The zero-order valence-electron chi connectivity index (χ0n) is 20.5. The molecular formula is C31H23NO6. The molecule has 0 amide bonds. The fourth-order valence-corrected chi connectivity index (χ4v) is 4.82. The predicted octanol–water partition coefficient (Wildman–Crippen LogP) is 6.48. The average Bonchev–Trinajstić information content (AvgIpc) is 2.96. The number of non-ortho nitro benzene ring substituents is 1. The molecule has 38 heavy (non-hydrogen) atoms. The zero-order chi connectivity index (χ0) is 26.7. The lowest BCUT2D eigenvalue weighted by Gasteiger charge is -2.40. The zero-order valence-corrected chi connectivity index (χ0v) is 20.5. The van der Waals surface area contributed by atoms with Crippen molar-refractivity contribution >= 4 is 34.3 Å². The third-order valence-electron chi connectivity index (χ3n) is 6.73. The van der Waals surface area contributed by atoms with Crippen molar-refractivity contribution in [2.75, 3.05) is 7.11 Å². The van der Waals surface area contributed by atoms with Crippen LogP contribution in [0.15, 0.2) is 103 Å². The summed E-state index contributed by atoms with van der Waals surface area (Å²) >= 11 is 0. The minimum absolute atomic E-state index is 0.0383. The lowest BCUT2D eigenvalue weighted by molar-refractivity contribution is -0.384. The van der Waals surface area contributed by atoms with Crippen LogP contribution in [0.2, 0.25) is 0 Å². The van der Waals surface area contributed by atoms with Gasteiger partial charge in [0.25, 0.3) is 5.69 Å². The number of fused-ring (bicyclic) bond motifs is 2. The molecule has 0 bridgehead atoms. The van der Waals surface area contributed by atoms with Crippen molar-refractivity contribution in [1.82, 2.24) is 0 Å². The summed E-state index contributed by atoms with van der Waals surface area (Å²) in [7, 11) is 1.21. The Labute approximate surface area is 218 Å². The molecule has 0 aliphatic carbocycles. The SMILES string of the molecule is COC(=O)[C@]1(CC=C=Cc2ccc3ccccc3c2)C(=O)c2cc([N+](=O)[O-])ccc2O[C@@H]1c1ccccc1. The highest BCUT2D eigenvalue weighted by Crippen LogP contribution is 2.50. The highest BCUT2D eigenvalue weighted by atomic mass is 16.6. The Kier molecular flexibility index (Phi) is 6.60. The van der Waals surface area contributed by atoms with Gasteiger partial charge < -0.3 is 9.47 Å². The summed E-state index contributed by atoms with van der Waals surface area (Å²) in [6, 6.07) is 26.7. The first-order chi connectivity index (χ1) is 18.4. The molecule has 4 aromatic rings. The van der Waals surface area contributed by atoms with E-state index in [-0.39, 0.29) is 23.4 Å². The van der Waals surface area contributed by atoms with Crippen molar-refractivity contribution in [2.24, 2.45) is 5.41 Å². The number of hydrogen-bond donors (Lipinski definition) is 0. The van der Waals surface area contributed by atoms with Crippen molar-refractivity contribution in [1.29, 1.82) is 0 Å². The Morgan fingerprint density at radius 2 is 1.76 bits per heavy atom. The first kappa shape index (κ1) is 24.7. The van der Waals surface area contributed by atoms with E-state index >= 15 is 0 Å². The molecule has 1 aliphatic heterocycles. The number of allylic oxidation sites excluding steroid dienone is 1. The molecule has 0 N–H and O–H groups in total. The molecule has 0 aromatic heterocycles. The molecule has 7 heteroatoms. The first-order valence-electron chi connectivity index (χ1n) is 12.0. The number of ether oxygens (including phenoxy) is 2. The maximum absolute atomic E-state index is 14.0. The predicted molar refractivity (Wildman–Crippen MR) is 143 cm³/mol. The molecule has 4 aromatic carbocycles. The summed E-state index contributed by atoms with van der Waals surface area (Å²) in [5.41, 5.74) is 2.46. The van der Waals surface area contributed by atoms with Gasteiger partial charge in [-0.1, -0.05) is 66.7 Å². The van der Waals surface area contributed by atoms with E-state index in [4.69, 9.17) is 9.47 Å². The summed E-state index contributed by atoms with van der Waals surface area (Å²) < 4.78 is 11.4. The van der Waals surface area contributed by atoms with E-state index in [9.17, 15) is 19.7 Å². The Bertz CT molecular complexity index is 1620. The summed E-state index contributed by atoms with van der Waals surface area (Å²) in [5, 5.41) is 13.6. The second kappa shape index (κ2) is 10.2. The van der Waals surface area contributed by atoms with Crippen LogP contribution in [0.25, 0.3) is 16.8 Å². The number of Topliss-reactive ketones (excluding diaryl/α,β-unsaturated/α-hetero) is 1. The Balaban J connectivity index is 1.60. The van der Waals surface area contributed by atoms with E-state index in [1.165, 1.54) is 19.2 Å². The molecule has 1 heterocycles. The molecule has 188 valence electrons. The van der Waals surface area contributed by atoms with Gasteiger partial charge in [-0.3, -0.25) is 19.7 Å². The minimum atomic E-state index is -1.82. The van der Waals surface area contributed by atoms with Gasteiger partial charge in [-0.25, -0.2) is 0 Å². The number of rotatable bonds is 6. The van der Waals surface area contributed by atoms with Crippen LogP contribution in [-0.4, -0.2) is 23.8 Å². The fourth-order valence-electron chi connectivity index (χ4n) is 4.82. The van der Waals surface area contributed by atoms with E-state index in [1.54, 1.807) is 36.4 Å². The number of ketones is 1. The molecule has 1 aliphatic rings. The third kappa shape index (κ3) is 4.36. The van der Waals surface area contributed by atoms with E-state index in [1.807, 2.05) is 48.5 Å². The number of nitro benzene ring substituents is 1. The van der Waals surface area contributed by atoms with Crippen LogP contribution in [0, 0.1) is 15.5 Å². The molecule has 7 nitrogen and oxygen atoms in total. The second-order valence-electron chi connectivity index (χ2n) is 8.96. The van der Waals surface area contributed by atoms with Crippen molar-refractivity contribution in [3.63, 3.8) is 0 Å². The third-order valence-corrected chi connectivity index (χ3v) is 6.73. The number of carbonyl (C=O) groups excluding carboxylic acids is 2. The van der Waals surface area contributed by atoms with Crippen LogP contribution in [0.5, 0.6) is 5.75 Å². The van der Waals surface area contributed by atoms with Gasteiger partial charge in [-0.05, 0) is 46.2 Å². The molecule has 0 unspecified atom stereocenters. The highest BCUT2D eigenvalue weighted by molar-refractivity contribution is 6.15. The summed E-state index contributed by atoms with van der Waals surface area (Å²) in [6.07, 6.45) is 2.26. The number of nitrogens with zero attached hydrogens (tertiary/aromatic N) is 1. The number of benzene rings is 4. The summed E-state index contributed by atoms with van der Waals surface area (Å²) in [6.45, 7) is 0. The van der Waals surface area contributed by atoms with Gasteiger partial charge in [-0.15, -0.1) is 5.73 Å². The van der Waals surface area contributed by atoms with Gasteiger partial charge >= 0.3 is 5.97 Å². The largest absolute Gasteiger partial charge is 0.483 e. The van der Waals surface area contributed by atoms with Crippen LogP contribution in [0.3, 0.4) is 0 Å². The Morgan fingerprint density at radius 1 is 1.03 bits per heavy atom. The van der Waals surface area contributed by atoms with Crippen molar-refractivity contribution in [3.8, 4) is 5.75 Å². The van der Waals surface area contributed by atoms with Crippen molar-refractivity contribution in [2.45, 2.75) is 12.5 Å². The van der Waals surface area contributed by atoms with Gasteiger partial charge in [0.15, 0.2) is 11.2 Å². The van der Waals surface area contributed by atoms with Crippen LogP contribution in [0.4, 0.5) is 5.69 Å². The monoisotopic (exact) mass is 505 g/mol. The van der Waals surface area contributed by atoms with Crippen LogP contribution < -0.4 is 4.74 Å². The first-order valence-corrected chi connectivity index (χ1v) is 12.0. The lowest BCUT2D eigenvalue weighted by atomic mass is 9.69. The van der Waals surface area contributed by atoms with E-state index in [0.29, 0.717) is 5.56 Å². The Morgan fingerprint density at radius 3 is 2.50 bits per heavy atom. The molecule has 0 saturated carbocycles. The van der Waals surface area contributed by atoms with Gasteiger partial charge in [0, 0.05) is 18.6 Å². The van der Waals surface area contributed by atoms with E-state index in [2.05, 4.69) is 5.73 Å².